The van der Waals surface area contributed by atoms with Gasteiger partial charge in [0.1, 0.15) is 0 Å². The average Bonchev–Trinajstić information content (AvgIpc) is 2.15. The summed E-state index contributed by atoms with van der Waals surface area (Å²) in [5, 5.41) is 3.11. The lowest BCUT2D eigenvalue weighted by Crippen LogP contribution is -2.30. The maximum absolute atomic E-state index is 11.6. The van der Waals surface area contributed by atoms with E-state index >= 15 is 0 Å². The van der Waals surface area contributed by atoms with E-state index in [9.17, 15) is 4.79 Å². The maximum Gasteiger partial charge on any atom is 0.220 e. The van der Waals surface area contributed by atoms with Crippen molar-refractivity contribution in [2.24, 2.45) is 11.3 Å². The zero-order valence-electron chi connectivity index (χ0n) is 11.3. The minimum Gasteiger partial charge on any atom is -0.356 e. The standard InChI is InChI=1S/C13H26ClNO/c1-6-11(14)7-8-15-12(16)9-10(2)13(3,4)5/h10-11H,6-9H2,1-5H3,(H,15,16). The van der Waals surface area contributed by atoms with Gasteiger partial charge in [-0.15, -0.1) is 11.6 Å². The van der Waals surface area contributed by atoms with Crippen LogP contribution >= 0.6 is 11.6 Å². The molecular weight excluding hydrogens is 222 g/mol. The number of amides is 1. The Morgan fingerprint density at radius 2 is 1.94 bits per heavy atom. The Bertz CT molecular complexity index is 210. The first-order chi connectivity index (χ1) is 7.27. The first-order valence-corrected chi connectivity index (χ1v) is 6.61. The van der Waals surface area contributed by atoms with E-state index in [1.807, 2.05) is 0 Å². The van der Waals surface area contributed by atoms with Crippen molar-refractivity contribution in [3.63, 3.8) is 0 Å². The molecule has 1 N–H and O–H groups in total. The van der Waals surface area contributed by atoms with Gasteiger partial charge < -0.3 is 5.32 Å². The summed E-state index contributed by atoms with van der Waals surface area (Å²) in [5.41, 5.74) is 0.190. The average molecular weight is 248 g/mol. The summed E-state index contributed by atoms with van der Waals surface area (Å²) in [6, 6.07) is 0. The van der Waals surface area contributed by atoms with E-state index in [1.165, 1.54) is 0 Å². The number of carbonyl (C=O) groups is 1. The number of carbonyl (C=O) groups excluding carboxylic acids is 1. The van der Waals surface area contributed by atoms with Crippen LogP contribution in [0.4, 0.5) is 0 Å². The van der Waals surface area contributed by atoms with Gasteiger partial charge in [-0.1, -0.05) is 34.6 Å². The third-order valence-electron chi connectivity index (χ3n) is 3.19. The van der Waals surface area contributed by atoms with Crippen LogP contribution < -0.4 is 5.32 Å². The molecule has 0 heterocycles. The molecular formula is C13H26ClNO. The molecule has 2 nitrogen and oxygen atoms in total. The van der Waals surface area contributed by atoms with Crippen molar-refractivity contribution in [3.8, 4) is 0 Å². The third-order valence-corrected chi connectivity index (χ3v) is 3.72. The van der Waals surface area contributed by atoms with Crippen LogP contribution in [0.5, 0.6) is 0 Å². The minimum atomic E-state index is 0.141. The summed E-state index contributed by atoms with van der Waals surface area (Å²) in [6.45, 7) is 11.4. The second-order valence-electron chi connectivity index (χ2n) is 5.62. The van der Waals surface area contributed by atoms with Gasteiger partial charge >= 0.3 is 0 Å². The lowest BCUT2D eigenvalue weighted by Gasteiger charge is -2.26. The first kappa shape index (κ1) is 15.8. The van der Waals surface area contributed by atoms with E-state index < -0.39 is 0 Å². The molecule has 0 saturated carbocycles. The highest BCUT2D eigenvalue weighted by molar-refractivity contribution is 6.20. The van der Waals surface area contributed by atoms with Gasteiger partial charge in [0, 0.05) is 18.3 Å². The zero-order valence-corrected chi connectivity index (χ0v) is 12.0. The van der Waals surface area contributed by atoms with Crippen LogP contribution in [-0.2, 0) is 4.79 Å². The van der Waals surface area contributed by atoms with Crippen LogP contribution in [0.3, 0.4) is 0 Å². The van der Waals surface area contributed by atoms with Crippen LogP contribution in [0.1, 0.15) is 53.9 Å². The molecule has 0 aromatic heterocycles. The van der Waals surface area contributed by atoms with Gasteiger partial charge in [-0.05, 0) is 24.2 Å². The van der Waals surface area contributed by atoms with Gasteiger partial charge in [0.2, 0.25) is 5.91 Å². The molecule has 0 rings (SSSR count). The quantitative estimate of drug-likeness (QED) is 0.715. The Hall–Kier alpha value is -0.240. The number of halogens is 1. The molecule has 96 valence electrons. The Balaban J connectivity index is 3.75. The summed E-state index contributed by atoms with van der Waals surface area (Å²) in [5.74, 6) is 0.535. The Kier molecular flexibility index (Phi) is 7.05. The molecule has 2 atom stereocenters. The van der Waals surface area contributed by atoms with Crippen LogP contribution in [0.15, 0.2) is 0 Å². The number of hydrogen-bond donors (Lipinski definition) is 1. The fraction of sp³-hybridized carbons (Fsp3) is 0.923. The fourth-order valence-electron chi connectivity index (χ4n) is 1.23. The van der Waals surface area contributed by atoms with Crippen molar-refractivity contribution < 1.29 is 4.79 Å². The fourth-order valence-corrected chi connectivity index (χ4v) is 1.34. The Labute approximate surface area is 105 Å². The highest BCUT2D eigenvalue weighted by atomic mass is 35.5. The van der Waals surface area contributed by atoms with Crippen LogP contribution in [0.2, 0.25) is 0 Å². The molecule has 0 saturated heterocycles. The van der Waals surface area contributed by atoms with Crippen molar-refractivity contribution in [2.75, 3.05) is 6.54 Å². The van der Waals surface area contributed by atoms with Gasteiger partial charge in [0.25, 0.3) is 0 Å². The van der Waals surface area contributed by atoms with Crippen molar-refractivity contribution in [1.82, 2.24) is 5.32 Å². The van der Waals surface area contributed by atoms with E-state index in [0.29, 0.717) is 18.9 Å². The van der Waals surface area contributed by atoms with Crippen molar-refractivity contribution in [3.05, 3.63) is 0 Å². The summed E-state index contributed by atoms with van der Waals surface area (Å²) >= 11 is 5.98. The second kappa shape index (κ2) is 7.16. The number of hydrogen-bond acceptors (Lipinski definition) is 1. The molecule has 16 heavy (non-hydrogen) atoms. The largest absolute Gasteiger partial charge is 0.356 e. The predicted molar refractivity (Wildman–Crippen MR) is 70.8 cm³/mol. The van der Waals surface area contributed by atoms with Gasteiger partial charge in [0.05, 0.1) is 0 Å². The van der Waals surface area contributed by atoms with E-state index in [2.05, 4.69) is 39.9 Å². The van der Waals surface area contributed by atoms with Crippen LogP contribution in [0, 0.1) is 11.3 Å². The lowest BCUT2D eigenvalue weighted by molar-refractivity contribution is -0.122. The number of nitrogens with one attached hydrogen (secondary N) is 1. The number of rotatable bonds is 6. The van der Waals surface area contributed by atoms with Crippen molar-refractivity contribution in [2.45, 2.75) is 59.3 Å². The highest BCUT2D eigenvalue weighted by Gasteiger charge is 2.22. The topological polar surface area (TPSA) is 29.1 Å². The molecule has 0 aromatic rings. The van der Waals surface area contributed by atoms with E-state index in [4.69, 9.17) is 11.6 Å². The zero-order chi connectivity index (χ0) is 12.8. The molecule has 2 unspecified atom stereocenters. The molecule has 0 aliphatic rings. The maximum atomic E-state index is 11.6. The second-order valence-corrected chi connectivity index (χ2v) is 6.23. The molecule has 0 radical (unpaired) electrons. The van der Waals surface area contributed by atoms with Crippen LogP contribution in [0.25, 0.3) is 0 Å². The summed E-state index contributed by atoms with van der Waals surface area (Å²) < 4.78 is 0. The molecule has 0 fully saturated rings. The minimum absolute atomic E-state index is 0.141. The molecule has 3 heteroatoms. The Morgan fingerprint density at radius 3 is 2.38 bits per heavy atom. The van der Waals surface area contributed by atoms with Gasteiger partial charge in [-0.2, -0.15) is 0 Å². The molecule has 0 bridgehead atoms. The first-order valence-electron chi connectivity index (χ1n) is 6.18. The van der Waals surface area contributed by atoms with Gasteiger partial charge in [-0.25, -0.2) is 0 Å². The predicted octanol–water partition coefficient (Wildman–Crippen LogP) is 3.58. The van der Waals surface area contributed by atoms with Crippen LogP contribution in [-0.4, -0.2) is 17.8 Å². The van der Waals surface area contributed by atoms with E-state index in [0.717, 1.165) is 12.8 Å². The Morgan fingerprint density at radius 1 is 1.38 bits per heavy atom. The van der Waals surface area contributed by atoms with Crippen molar-refractivity contribution in [1.29, 1.82) is 0 Å². The summed E-state index contributed by atoms with van der Waals surface area (Å²) in [7, 11) is 0. The molecule has 0 aliphatic carbocycles. The van der Waals surface area contributed by atoms with E-state index in [1.54, 1.807) is 0 Å². The normalized spacial score (nSPS) is 15.6. The third kappa shape index (κ3) is 7.10. The van der Waals surface area contributed by atoms with Gasteiger partial charge in [-0.3, -0.25) is 4.79 Å². The van der Waals surface area contributed by atoms with E-state index in [-0.39, 0.29) is 16.7 Å². The molecule has 0 spiro atoms. The monoisotopic (exact) mass is 247 g/mol. The summed E-state index contributed by atoms with van der Waals surface area (Å²) in [4.78, 5) is 11.6. The van der Waals surface area contributed by atoms with Crippen molar-refractivity contribution >= 4 is 17.5 Å². The molecule has 0 aromatic carbocycles. The molecule has 0 aliphatic heterocycles. The molecule has 1 amide bonds. The lowest BCUT2D eigenvalue weighted by atomic mass is 9.80. The number of alkyl halides is 1. The SMILES string of the molecule is CCC(Cl)CCNC(=O)CC(C)C(C)(C)C. The summed E-state index contributed by atoms with van der Waals surface area (Å²) in [6.07, 6.45) is 2.41. The highest BCUT2D eigenvalue weighted by Crippen LogP contribution is 2.27. The smallest absolute Gasteiger partial charge is 0.220 e. The van der Waals surface area contributed by atoms with Gasteiger partial charge in [0.15, 0.2) is 0 Å².